The minimum absolute atomic E-state index is 0.142. The zero-order valence-corrected chi connectivity index (χ0v) is 14.3. The van der Waals surface area contributed by atoms with Crippen molar-refractivity contribution in [2.45, 2.75) is 30.3 Å². The zero-order valence-electron chi connectivity index (χ0n) is 13.5. The van der Waals surface area contributed by atoms with Gasteiger partial charge in [0.25, 0.3) is 0 Å². The van der Waals surface area contributed by atoms with Gasteiger partial charge in [0.1, 0.15) is 16.4 Å². The fourth-order valence-corrected chi connectivity index (χ4v) is 4.80. The molecule has 4 rings (SSSR count). The molecule has 2 heterocycles. The number of fused-ring (bicyclic) bond motifs is 3. The molecule has 2 aliphatic rings. The van der Waals surface area contributed by atoms with Crippen LogP contribution in [0, 0.1) is 11.3 Å². The van der Waals surface area contributed by atoms with E-state index in [4.69, 9.17) is 10.00 Å². The Kier molecular flexibility index (Phi) is 3.86. The summed E-state index contributed by atoms with van der Waals surface area (Å²) in [5, 5.41) is 8.70. The lowest BCUT2D eigenvalue weighted by Gasteiger charge is -2.33. The largest absolute Gasteiger partial charge is 0.457 e. The second kappa shape index (κ2) is 6.06. The molecule has 0 amide bonds. The predicted molar refractivity (Wildman–Crippen MR) is 93.0 cm³/mol. The number of nitrogens with zero attached hydrogens (tertiary/aromatic N) is 2. The highest BCUT2D eigenvalue weighted by molar-refractivity contribution is 7.89. The number of sulfonamides is 1. The normalized spacial score (nSPS) is 20.4. The molecule has 1 atom stereocenters. The number of nitriles is 1. The highest BCUT2D eigenvalue weighted by Crippen LogP contribution is 2.38. The molecule has 1 saturated heterocycles. The van der Waals surface area contributed by atoms with Gasteiger partial charge in [-0.05, 0) is 42.7 Å². The molecule has 0 spiro atoms. The minimum atomic E-state index is -3.53. The van der Waals surface area contributed by atoms with Crippen LogP contribution in [-0.2, 0) is 16.4 Å². The monoisotopic (exact) mass is 355 g/mol. The SMILES string of the molecule is N#CCc1ccc(Oc2ccc3c(c2)S(=O)(=O)NC2CCCN32)cc1. The van der Waals surface area contributed by atoms with Gasteiger partial charge in [-0.3, -0.25) is 0 Å². The van der Waals surface area contributed by atoms with Crippen molar-refractivity contribution in [1.82, 2.24) is 4.72 Å². The van der Waals surface area contributed by atoms with Crippen LogP contribution in [0.1, 0.15) is 18.4 Å². The number of rotatable bonds is 3. The van der Waals surface area contributed by atoms with Crippen LogP contribution in [0.3, 0.4) is 0 Å². The standard InChI is InChI=1S/C18H17N3O3S/c19-10-9-13-3-5-14(6-4-13)24-15-7-8-16-17(12-15)25(22,23)20-18-2-1-11-21(16)18/h3-8,12,18,20H,1-2,9,11H2. The van der Waals surface area contributed by atoms with Crippen molar-refractivity contribution in [2.24, 2.45) is 0 Å². The van der Waals surface area contributed by atoms with E-state index in [-0.39, 0.29) is 11.1 Å². The lowest BCUT2D eigenvalue weighted by molar-refractivity contribution is 0.479. The number of nitrogens with one attached hydrogen (secondary N) is 1. The fourth-order valence-electron chi connectivity index (χ4n) is 3.33. The summed E-state index contributed by atoms with van der Waals surface area (Å²) >= 11 is 0. The van der Waals surface area contributed by atoms with E-state index in [1.165, 1.54) is 0 Å². The highest BCUT2D eigenvalue weighted by Gasteiger charge is 2.37. The molecule has 6 nitrogen and oxygen atoms in total. The summed E-state index contributed by atoms with van der Waals surface area (Å²) in [5.41, 5.74) is 1.64. The van der Waals surface area contributed by atoms with Crippen molar-refractivity contribution in [3.05, 3.63) is 48.0 Å². The first kappa shape index (κ1) is 15.9. The zero-order chi connectivity index (χ0) is 17.4. The van der Waals surface area contributed by atoms with Crippen LogP contribution in [0.4, 0.5) is 5.69 Å². The molecule has 7 heteroatoms. The van der Waals surface area contributed by atoms with Crippen molar-refractivity contribution in [3.63, 3.8) is 0 Å². The number of benzene rings is 2. The Hall–Kier alpha value is -2.56. The van der Waals surface area contributed by atoms with Crippen LogP contribution in [0.15, 0.2) is 47.4 Å². The molecule has 0 bridgehead atoms. The lowest BCUT2D eigenvalue weighted by atomic mass is 10.2. The Morgan fingerprint density at radius 3 is 2.72 bits per heavy atom. The van der Waals surface area contributed by atoms with E-state index in [0.29, 0.717) is 17.9 Å². The van der Waals surface area contributed by atoms with Crippen LogP contribution in [0.2, 0.25) is 0 Å². The predicted octanol–water partition coefficient (Wildman–Crippen LogP) is 2.76. The van der Waals surface area contributed by atoms with Gasteiger partial charge < -0.3 is 9.64 Å². The Morgan fingerprint density at radius 2 is 1.96 bits per heavy atom. The van der Waals surface area contributed by atoms with Gasteiger partial charge in [0.15, 0.2) is 0 Å². The average molecular weight is 355 g/mol. The molecular weight excluding hydrogens is 338 g/mol. The Morgan fingerprint density at radius 1 is 1.20 bits per heavy atom. The van der Waals surface area contributed by atoms with Crippen molar-refractivity contribution < 1.29 is 13.2 Å². The molecule has 1 N–H and O–H groups in total. The van der Waals surface area contributed by atoms with Gasteiger partial charge in [-0.15, -0.1) is 0 Å². The van der Waals surface area contributed by atoms with Gasteiger partial charge >= 0.3 is 0 Å². The molecule has 0 aromatic heterocycles. The van der Waals surface area contributed by atoms with E-state index < -0.39 is 10.0 Å². The molecule has 1 fully saturated rings. The maximum Gasteiger partial charge on any atom is 0.244 e. The molecule has 128 valence electrons. The van der Waals surface area contributed by atoms with Gasteiger partial charge in [-0.25, -0.2) is 8.42 Å². The first-order chi connectivity index (χ1) is 12.1. The molecule has 2 aromatic rings. The number of anilines is 1. The summed E-state index contributed by atoms with van der Waals surface area (Å²) in [6.07, 6.45) is 2.00. The summed E-state index contributed by atoms with van der Waals surface area (Å²) in [6, 6.07) is 14.5. The maximum atomic E-state index is 12.5. The number of hydrogen-bond acceptors (Lipinski definition) is 5. The first-order valence-electron chi connectivity index (χ1n) is 8.13. The summed E-state index contributed by atoms with van der Waals surface area (Å²) < 4.78 is 33.5. The van der Waals surface area contributed by atoms with Crippen LogP contribution < -0.4 is 14.4 Å². The second-order valence-electron chi connectivity index (χ2n) is 6.18. The molecule has 0 radical (unpaired) electrons. The first-order valence-corrected chi connectivity index (χ1v) is 9.62. The van der Waals surface area contributed by atoms with Crippen molar-refractivity contribution in [3.8, 4) is 17.6 Å². The van der Waals surface area contributed by atoms with Crippen LogP contribution >= 0.6 is 0 Å². The van der Waals surface area contributed by atoms with Crippen LogP contribution in [-0.4, -0.2) is 21.1 Å². The molecule has 2 aromatic carbocycles. The average Bonchev–Trinajstić information content (AvgIpc) is 3.04. The molecular formula is C18H17N3O3S. The quantitative estimate of drug-likeness (QED) is 0.915. The van der Waals surface area contributed by atoms with Crippen molar-refractivity contribution in [2.75, 3.05) is 11.4 Å². The Bertz CT molecular complexity index is 949. The Balaban J connectivity index is 1.64. The summed E-state index contributed by atoms with van der Waals surface area (Å²) in [5.74, 6) is 1.07. The Labute approximate surface area is 146 Å². The second-order valence-corrected chi connectivity index (χ2v) is 7.87. The van der Waals surface area contributed by atoms with Crippen molar-refractivity contribution in [1.29, 1.82) is 5.26 Å². The topological polar surface area (TPSA) is 82.4 Å². The molecule has 1 unspecified atom stereocenters. The minimum Gasteiger partial charge on any atom is -0.457 e. The van der Waals surface area contributed by atoms with Gasteiger partial charge in [0.05, 0.1) is 24.3 Å². The summed E-state index contributed by atoms with van der Waals surface area (Å²) in [4.78, 5) is 2.35. The van der Waals surface area contributed by atoms with Crippen molar-refractivity contribution >= 4 is 15.7 Å². The maximum absolute atomic E-state index is 12.5. The van der Waals surface area contributed by atoms with E-state index in [9.17, 15) is 8.42 Å². The van der Waals surface area contributed by atoms with Gasteiger partial charge in [-0.2, -0.15) is 9.98 Å². The van der Waals surface area contributed by atoms with E-state index in [0.717, 1.165) is 30.6 Å². The number of ether oxygens (including phenoxy) is 1. The lowest BCUT2D eigenvalue weighted by Crippen LogP contribution is -2.48. The van der Waals surface area contributed by atoms with E-state index >= 15 is 0 Å². The van der Waals surface area contributed by atoms with E-state index in [1.54, 1.807) is 24.3 Å². The molecule has 0 aliphatic carbocycles. The van der Waals surface area contributed by atoms with Gasteiger partial charge in [0, 0.05) is 12.6 Å². The molecule has 2 aliphatic heterocycles. The van der Waals surface area contributed by atoms with Gasteiger partial charge in [-0.1, -0.05) is 12.1 Å². The smallest absolute Gasteiger partial charge is 0.244 e. The fraction of sp³-hybridized carbons (Fsp3) is 0.278. The van der Waals surface area contributed by atoms with Gasteiger partial charge in [0.2, 0.25) is 10.0 Å². The number of hydrogen-bond donors (Lipinski definition) is 1. The third-order valence-corrected chi connectivity index (χ3v) is 6.00. The van der Waals surface area contributed by atoms with Crippen LogP contribution in [0.25, 0.3) is 0 Å². The van der Waals surface area contributed by atoms with E-state index in [2.05, 4.69) is 15.7 Å². The third kappa shape index (κ3) is 2.95. The van der Waals surface area contributed by atoms with E-state index in [1.807, 2.05) is 18.2 Å². The summed E-state index contributed by atoms with van der Waals surface area (Å²) in [7, 11) is -3.53. The molecule has 0 saturated carbocycles. The van der Waals surface area contributed by atoms with Crippen LogP contribution in [0.5, 0.6) is 11.5 Å². The highest BCUT2D eigenvalue weighted by atomic mass is 32.2. The third-order valence-electron chi connectivity index (χ3n) is 4.52. The summed E-state index contributed by atoms with van der Waals surface area (Å²) in [6.45, 7) is 0.848. The molecule has 25 heavy (non-hydrogen) atoms.